The van der Waals surface area contributed by atoms with Crippen molar-refractivity contribution in [3.8, 4) is 0 Å². The van der Waals surface area contributed by atoms with Crippen LogP contribution < -0.4 is 5.32 Å². The second-order valence-electron chi connectivity index (χ2n) is 6.12. The lowest BCUT2D eigenvalue weighted by Crippen LogP contribution is -2.17. The first-order valence-corrected chi connectivity index (χ1v) is 12.0. The highest BCUT2D eigenvalue weighted by Gasteiger charge is 2.17. The Morgan fingerprint density at radius 1 is 1.03 bits per heavy atom. The summed E-state index contributed by atoms with van der Waals surface area (Å²) in [5.74, 6) is -0.735. The number of anilines is 1. The molecular formula is C19H15Cl3N2O3S2. The van der Waals surface area contributed by atoms with E-state index in [1.54, 1.807) is 24.4 Å². The van der Waals surface area contributed by atoms with E-state index in [4.69, 9.17) is 34.8 Å². The van der Waals surface area contributed by atoms with Crippen LogP contribution in [0.1, 0.15) is 16.9 Å². The maximum atomic E-state index is 12.3. The van der Waals surface area contributed by atoms with Gasteiger partial charge in [-0.15, -0.1) is 11.3 Å². The Kier molecular flexibility index (Phi) is 7.19. The Morgan fingerprint density at radius 2 is 1.72 bits per heavy atom. The lowest BCUT2D eigenvalue weighted by molar-refractivity contribution is -0.115. The van der Waals surface area contributed by atoms with Gasteiger partial charge < -0.3 is 5.32 Å². The van der Waals surface area contributed by atoms with E-state index in [1.807, 2.05) is 0 Å². The van der Waals surface area contributed by atoms with Gasteiger partial charge >= 0.3 is 0 Å². The lowest BCUT2D eigenvalue weighted by atomic mass is 10.1. The topological polar surface area (TPSA) is 76.1 Å². The van der Waals surface area contributed by atoms with Gasteiger partial charge in [-0.3, -0.25) is 4.79 Å². The third-order valence-electron chi connectivity index (χ3n) is 3.94. The predicted molar refractivity (Wildman–Crippen MR) is 118 cm³/mol. The molecule has 1 aromatic heterocycles. The fraction of sp³-hybridized carbons (Fsp3) is 0.158. The van der Waals surface area contributed by atoms with Gasteiger partial charge in [-0.2, -0.15) is 0 Å². The molecule has 0 atom stereocenters. The molecule has 5 nitrogen and oxygen atoms in total. The molecular weight excluding hydrogens is 475 g/mol. The zero-order chi connectivity index (χ0) is 21.0. The van der Waals surface area contributed by atoms with Crippen LogP contribution in [0.2, 0.25) is 15.1 Å². The van der Waals surface area contributed by atoms with Gasteiger partial charge in [-0.25, -0.2) is 13.4 Å². The fourth-order valence-corrected chi connectivity index (χ4v) is 5.08. The van der Waals surface area contributed by atoms with Crippen molar-refractivity contribution in [2.75, 3.05) is 11.1 Å². The molecule has 152 valence electrons. The van der Waals surface area contributed by atoms with E-state index in [2.05, 4.69) is 10.3 Å². The molecule has 0 saturated heterocycles. The van der Waals surface area contributed by atoms with Crippen molar-refractivity contribution in [2.45, 2.75) is 17.7 Å². The van der Waals surface area contributed by atoms with E-state index in [9.17, 15) is 13.2 Å². The normalized spacial score (nSPS) is 11.4. The van der Waals surface area contributed by atoms with Gasteiger partial charge in [0.1, 0.15) is 0 Å². The number of hydrogen-bond donors (Lipinski definition) is 1. The summed E-state index contributed by atoms with van der Waals surface area (Å²) in [4.78, 5) is 17.3. The molecule has 3 rings (SSSR count). The number of thiazole rings is 1. The number of nitrogens with one attached hydrogen (secondary N) is 1. The number of carbonyl (C=O) groups is 1. The van der Waals surface area contributed by atoms with Crippen LogP contribution in [0.4, 0.5) is 5.13 Å². The zero-order valence-electron chi connectivity index (χ0n) is 14.9. The monoisotopic (exact) mass is 488 g/mol. The van der Waals surface area contributed by atoms with Crippen molar-refractivity contribution in [1.29, 1.82) is 0 Å². The molecule has 0 aliphatic carbocycles. The molecule has 0 aliphatic rings. The number of hydrogen-bond acceptors (Lipinski definition) is 5. The van der Waals surface area contributed by atoms with Crippen molar-refractivity contribution in [3.63, 3.8) is 0 Å². The van der Waals surface area contributed by atoms with Crippen LogP contribution in [0.3, 0.4) is 0 Å². The first-order valence-electron chi connectivity index (χ1n) is 8.40. The summed E-state index contributed by atoms with van der Waals surface area (Å²) < 4.78 is 24.6. The van der Waals surface area contributed by atoms with Crippen molar-refractivity contribution in [3.05, 3.63) is 74.2 Å². The molecule has 0 fully saturated rings. The molecule has 3 aromatic rings. The number of sulfone groups is 1. The number of nitrogens with zero attached hydrogens (tertiary/aromatic N) is 1. The van der Waals surface area contributed by atoms with Gasteiger partial charge in [0.15, 0.2) is 15.0 Å². The summed E-state index contributed by atoms with van der Waals surface area (Å²) in [6.07, 6.45) is 1.99. The zero-order valence-corrected chi connectivity index (χ0v) is 18.8. The summed E-state index contributed by atoms with van der Waals surface area (Å²) in [6, 6.07) is 11.1. The molecule has 10 heteroatoms. The van der Waals surface area contributed by atoms with E-state index < -0.39 is 15.7 Å². The summed E-state index contributed by atoms with van der Waals surface area (Å²) in [5.41, 5.74) is 0.856. The number of amides is 1. The quantitative estimate of drug-likeness (QED) is 0.476. The molecule has 1 heterocycles. The smallest absolute Gasteiger partial charge is 0.227 e. The molecule has 0 bridgehead atoms. The highest BCUT2D eigenvalue weighted by Crippen LogP contribution is 2.27. The summed E-state index contributed by atoms with van der Waals surface area (Å²) in [5, 5.41) is 4.66. The highest BCUT2D eigenvalue weighted by molar-refractivity contribution is 7.91. The first kappa shape index (κ1) is 22.1. The molecule has 2 aromatic carbocycles. The van der Waals surface area contributed by atoms with E-state index in [0.717, 1.165) is 10.4 Å². The lowest BCUT2D eigenvalue weighted by Gasteiger charge is -2.05. The van der Waals surface area contributed by atoms with Crippen molar-refractivity contribution in [1.82, 2.24) is 4.98 Å². The number of benzene rings is 2. The van der Waals surface area contributed by atoms with Crippen LogP contribution in [0.15, 0.2) is 53.6 Å². The molecule has 0 radical (unpaired) electrons. The van der Waals surface area contributed by atoms with Gasteiger partial charge in [0.25, 0.3) is 0 Å². The molecule has 29 heavy (non-hydrogen) atoms. The molecule has 0 unspecified atom stereocenters. The Morgan fingerprint density at radius 3 is 2.45 bits per heavy atom. The largest absolute Gasteiger partial charge is 0.302 e. The van der Waals surface area contributed by atoms with Crippen molar-refractivity contribution < 1.29 is 13.2 Å². The number of rotatable bonds is 7. The van der Waals surface area contributed by atoms with E-state index in [0.29, 0.717) is 26.6 Å². The SMILES string of the molecule is O=C(CCS(=O)(=O)c1ccc(Cl)cc1)Nc1ncc(Cc2cc(Cl)ccc2Cl)s1. The van der Waals surface area contributed by atoms with E-state index in [-0.39, 0.29) is 17.1 Å². The van der Waals surface area contributed by atoms with Gasteiger partial charge in [0.05, 0.1) is 10.6 Å². The van der Waals surface area contributed by atoms with Crippen LogP contribution >= 0.6 is 46.1 Å². The van der Waals surface area contributed by atoms with E-state index >= 15 is 0 Å². The summed E-state index contributed by atoms with van der Waals surface area (Å²) >= 11 is 19.2. The minimum absolute atomic E-state index is 0.129. The van der Waals surface area contributed by atoms with Gasteiger partial charge in [0.2, 0.25) is 5.91 Å². The second kappa shape index (κ2) is 9.45. The van der Waals surface area contributed by atoms with Crippen LogP contribution in [0, 0.1) is 0 Å². The van der Waals surface area contributed by atoms with Crippen LogP contribution in [0.25, 0.3) is 0 Å². The molecule has 0 aliphatic heterocycles. The van der Waals surface area contributed by atoms with Crippen LogP contribution in [-0.4, -0.2) is 25.1 Å². The minimum atomic E-state index is -3.57. The number of aromatic nitrogens is 1. The number of carbonyl (C=O) groups excluding carboxylic acids is 1. The maximum absolute atomic E-state index is 12.3. The molecule has 1 amide bonds. The summed E-state index contributed by atoms with van der Waals surface area (Å²) in [6.45, 7) is 0. The van der Waals surface area contributed by atoms with Gasteiger partial charge in [-0.05, 0) is 48.0 Å². The number of halogens is 3. The maximum Gasteiger partial charge on any atom is 0.227 e. The molecule has 0 spiro atoms. The Balaban J connectivity index is 1.57. The van der Waals surface area contributed by atoms with Crippen LogP contribution in [0.5, 0.6) is 0 Å². The Bertz CT molecular complexity index is 1130. The Hall–Kier alpha value is -1.64. The average molecular weight is 490 g/mol. The third-order valence-corrected chi connectivity index (χ3v) is 7.44. The standard InChI is InChI=1S/C19H15Cl3N2O3S2/c20-13-1-4-16(5-2-13)29(26,27)8-7-18(25)24-19-23-11-15(28-19)10-12-9-14(21)3-6-17(12)22/h1-6,9,11H,7-8,10H2,(H,23,24,25). The predicted octanol–water partition coefficient (Wildman–Crippen LogP) is 5.50. The van der Waals surface area contributed by atoms with Crippen molar-refractivity contribution >= 4 is 67.0 Å². The Labute approximate surface area is 187 Å². The first-order chi connectivity index (χ1) is 13.7. The summed E-state index contributed by atoms with van der Waals surface area (Å²) in [7, 11) is -3.57. The molecule has 1 N–H and O–H groups in total. The second-order valence-corrected chi connectivity index (χ2v) is 10.6. The van der Waals surface area contributed by atoms with Gasteiger partial charge in [0, 0.05) is 39.0 Å². The van der Waals surface area contributed by atoms with Gasteiger partial charge in [-0.1, -0.05) is 34.8 Å². The van der Waals surface area contributed by atoms with E-state index in [1.165, 1.54) is 35.6 Å². The highest BCUT2D eigenvalue weighted by atomic mass is 35.5. The molecule has 0 saturated carbocycles. The van der Waals surface area contributed by atoms with Crippen LogP contribution in [-0.2, 0) is 21.1 Å². The third kappa shape index (κ3) is 6.17. The average Bonchev–Trinajstić information content (AvgIpc) is 3.10. The fourth-order valence-electron chi connectivity index (χ4n) is 2.48. The minimum Gasteiger partial charge on any atom is -0.302 e. The van der Waals surface area contributed by atoms with Crippen molar-refractivity contribution in [2.24, 2.45) is 0 Å².